The lowest BCUT2D eigenvalue weighted by Crippen LogP contribution is -2.34. The summed E-state index contributed by atoms with van der Waals surface area (Å²) >= 11 is 0. The average Bonchev–Trinajstić information content (AvgIpc) is 3.29. The van der Waals surface area contributed by atoms with Crippen molar-refractivity contribution in [2.24, 2.45) is 0 Å². The highest BCUT2D eigenvalue weighted by Gasteiger charge is 2.24. The minimum absolute atomic E-state index is 0.143. The summed E-state index contributed by atoms with van der Waals surface area (Å²) in [4.78, 5) is 18.6. The Morgan fingerprint density at radius 1 is 1.46 bits per heavy atom. The molecule has 0 bridgehead atoms. The Hall–Kier alpha value is -3.06. The van der Waals surface area contributed by atoms with E-state index in [1.165, 1.54) is 0 Å². The summed E-state index contributed by atoms with van der Waals surface area (Å²) in [6.07, 6.45) is 8.33. The number of aliphatic hydroxyl groups is 1. The van der Waals surface area contributed by atoms with Gasteiger partial charge in [0.1, 0.15) is 11.4 Å². The summed E-state index contributed by atoms with van der Waals surface area (Å²) in [7, 11) is 0. The summed E-state index contributed by atoms with van der Waals surface area (Å²) in [5.74, 6) is 0.714. The van der Waals surface area contributed by atoms with Crippen LogP contribution >= 0.6 is 0 Å². The molecule has 0 spiro atoms. The summed E-state index contributed by atoms with van der Waals surface area (Å²) in [6, 6.07) is 3.56. The molecule has 1 aliphatic rings. The van der Waals surface area contributed by atoms with Crippen molar-refractivity contribution in [1.82, 2.24) is 15.3 Å². The van der Waals surface area contributed by atoms with E-state index in [9.17, 15) is 9.90 Å². The van der Waals surface area contributed by atoms with Gasteiger partial charge in [-0.2, -0.15) is 0 Å². The first-order valence-electron chi connectivity index (χ1n) is 8.50. The monoisotopic (exact) mass is 353 g/mol. The number of aliphatic hydroxyl groups excluding tert-OH is 1. The largest absolute Gasteiger partial charge is 0.465 e. The Morgan fingerprint density at radius 2 is 2.35 bits per heavy atom. The van der Waals surface area contributed by atoms with E-state index in [2.05, 4.69) is 21.4 Å². The number of carbonyl (C=O) groups is 1. The molecule has 0 fully saturated rings. The van der Waals surface area contributed by atoms with E-state index in [-0.39, 0.29) is 12.6 Å². The second-order valence-electron chi connectivity index (χ2n) is 6.38. The molecule has 7 nitrogen and oxygen atoms in total. The molecule has 0 saturated carbocycles. The van der Waals surface area contributed by atoms with Crippen molar-refractivity contribution in [1.29, 1.82) is 0 Å². The van der Waals surface area contributed by atoms with Gasteiger partial charge in [0.25, 0.3) is 0 Å². The first-order valence-corrected chi connectivity index (χ1v) is 8.50. The third-order valence-electron chi connectivity index (χ3n) is 4.76. The zero-order valence-electron chi connectivity index (χ0n) is 14.0. The van der Waals surface area contributed by atoms with Gasteiger partial charge in [-0.1, -0.05) is 6.08 Å². The molecule has 1 atom stereocenters. The molecular weight excluding hydrogens is 334 g/mol. The van der Waals surface area contributed by atoms with Gasteiger partial charge >= 0.3 is 6.09 Å². The Kier molecular flexibility index (Phi) is 4.22. The predicted molar refractivity (Wildman–Crippen MR) is 96.5 cm³/mol. The Bertz CT molecular complexity index is 972. The maximum atomic E-state index is 11.0. The number of hydrogen-bond acceptors (Lipinski definition) is 4. The molecule has 1 amide bonds. The molecule has 0 saturated heterocycles. The third-order valence-corrected chi connectivity index (χ3v) is 4.76. The van der Waals surface area contributed by atoms with Gasteiger partial charge in [0, 0.05) is 34.9 Å². The van der Waals surface area contributed by atoms with Gasteiger partial charge in [-0.3, -0.25) is 0 Å². The predicted octanol–water partition coefficient (Wildman–Crippen LogP) is 3.52. The number of hydrogen-bond donors (Lipinski definition) is 4. The standard InChI is InChI=1S/C19H19N3O4/c23-10-12-8-20-18-17(14(9-21-18)15-5-2-6-26-15)16(12)11-3-1-4-13(7-11)22-19(24)25/h2-3,5-6,8-9,13,22-23H,1,4,7,10H2,(H,20,21)(H,24,25). The van der Waals surface area contributed by atoms with Crippen LogP contribution < -0.4 is 5.32 Å². The molecular formula is C19H19N3O4. The number of pyridine rings is 1. The molecule has 4 N–H and O–H groups in total. The van der Waals surface area contributed by atoms with Gasteiger partial charge in [0.15, 0.2) is 0 Å². The Morgan fingerprint density at radius 3 is 3.08 bits per heavy atom. The van der Waals surface area contributed by atoms with Crippen molar-refractivity contribution < 1.29 is 19.4 Å². The van der Waals surface area contributed by atoms with Gasteiger partial charge < -0.3 is 24.9 Å². The van der Waals surface area contributed by atoms with Crippen LogP contribution in [0.2, 0.25) is 0 Å². The molecule has 0 aromatic carbocycles. The maximum absolute atomic E-state index is 11.0. The van der Waals surface area contributed by atoms with E-state index >= 15 is 0 Å². The van der Waals surface area contributed by atoms with Crippen molar-refractivity contribution in [3.8, 4) is 11.3 Å². The number of rotatable bonds is 4. The van der Waals surface area contributed by atoms with E-state index in [1.807, 2.05) is 18.3 Å². The number of H-pyrrole nitrogens is 1. The highest BCUT2D eigenvalue weighted by atomic mass is 16.4. The van der Waals surface area contributed by atoms with Crippen molar-refractivity contribution in [2.45, 2.75) is 31.9 Å². The number of aromatic amines is 1. The lowest BCUT2D eigenvalue weighted by Gasteiger charge is -2.24. The molecule has 3 aromatic heterocycles. The van der Waals surface area contributed by atoms with Crippen LogP contribution in [0.4, 0.5) is 4.79 Å². The average molecular weight is 353 g/mol. The zero-order chi connectivity index (χ0) is 18.1. The van der Waals surface area contributed by atoms with Crippen molar-refractivity contribution in [3.05, 3.63) is 48.0 Å². The fourth-order valence-electron chi connectivity index (χ4n) is 3.66. The number of carboxylic acid groups (broad SMARTS) is 1. The first-order chi connectivity index (χ1) is 12.7. The number of furan rings is 1. The first kappa shape index (κ1) is 16.4. The van der Waals surface area contributed by atoms with E-state index in [1.54, 1.807) is 12.5 Å². The van der Waals surface area contributed by atoms with Crippen LogP contribution in [0.5, 0.6) is 0 Å². The quantitative estimate of drug-likeness (QED) is 0.573. The second kappa shape index (κ2) is 6.68. The molecule has 1 aliphatic carbocycles. The molecule has 0 radical (unpaired) electrons. The minimum atomic E-state index is -1.02. The number of fused-ring (bicyclic) bond motifs is 1. The smallest absolute Gasteiger partial charge is 0.404 e. The number of allylic oxidation sites excluding steroid dienone is 1. The minimum Gasteiger partial charge on any atom is -0.465 e. The van der Waals surface area contributed by atoms with Gasteiger partial charge in [-0.15, -0.1) is 0 Å². The van der Waals surface area contributed by atoms with Crippen molar-refractivity contribution >= 4 is 22.7 Å². The zero-order valence-corrected chi connectivity index (χ0v) is 14.0. The van der Waals surface area contributed by atoms with E-state index in [0.29, 0.717) is 23.4 Å². The lowest BCUT2D eigenvalue weighted by molar-refractivity contribution is 0.189. The van der Waals surface area contributed by atoms with Gasteiger partial charge in [-0.25, -0.2) is 9.78 Å². The van der Waals surface area contributed by atoms with Crippen LogP contribution in [0.25, 0.3) is 27.9 Å². The van der Waals surface area contributed by atoms with E-state index < -0.39 is 6.09 Å². The van der Waals surface area contributed by atoms with Crippen LogP contribution in [-0.4, -0.2) is 32.3 Å². The molecule has 1 unspecified atom stereocenters. The van der Waals surface area contributed by atoms with Gasteiger partial charge in [0.2, 0.25) is 0 Å². The van der Waals surface area contributed by atoms with Crippen molar-refractivity contribution in [3.63, 3.8) is 0 Å². The van der Waals surface area contributed by atoms with Gasteiger partial charge in [0.05, 0.1) is 12.9 Å². The summed E-state index contributed by atoms with van der Waals surface area (Å²) in [6.45, 7) is -0.143. The number of nitrogens with zero attached hydrogens (tertiary/aromatic N) is 1. The fraction of sp³-hybridized carbons (Fsp3) is 0.263. The van der Waals surface area contributed by atoms with Crippen LogP contribution in [0.3, 0.4) is 0 Å². The molecule has 3 heterocycles. The maximum Gasteiger partial charge on any atom is 0.404 e. The molecule has 134 valence electrons. The second-order valence-corrected chi connectivity index (χ2v) is 6.38. The molecule has 4 rings (SSSR count). The fourth-order valence-corrected chi connectivity index (χ4v) is 3.66. The summed E-state index contributed by atoms with van der Waals surface area (Å²) < 4.78 is 5.56. The molecule has 3 aromatic rings. The summed E-state index contributed by atoms with van der Waals surface area (Å²) in [5, 5.41) is 22.4. The van der Waals surface area contributed by atoms with E-state index in [0.717, 1.165) is 34.9 Å². The van der Waals surface area contributed by atoms with Crippen LogP contribution in [0.15, 0.2) is 41.3 Å². The highest BCUT2D eigenvalue weighted by Crippen LogP contribution is 2.38. The number of nitrogens with one attached hydrogen (secondary N) is 2. The van der Waals surface area contributed by atoms with Crippen molar-refractivity contribution in [2.75, 3.05) is 0 Å². The van der Waals surface area contributed by atoms with E-state index in [4.69, 9.17) is 9.52 Å². The molecule has 0 aliphatic heterocycles. The van der Waals surface area contributed by atoms with Crippen LogP contribution in [-0.2, 0) is 6.61 Å². The normalized spacial score (nSPS) is 17.3. The highest BCUT2D eigenvalue weighted by molar-refractivity contribution is 6.01. The topological polar surface area (TPSA) is 111 Å². The van der Waals surface area contributed by atoms with Crippen LogP contribution in [0, 0.1) is 0 Å². The lowest BCUT2D eigenvalue weighted by atomic mass is 9.86. The number of aromatic nitrogens is 2. The SMILES string of the molecule is O=C(O)NC1CCC=C(c2c(CO)cnc3[nH]cc(-c4ccco4)c23)C1. The third kappa shape index (κ3) is 2.86. The van der Waals surface area contributed by atoms with Gasteiger partial charge in [-0.05, 0) is 42.5 Å². The summed E-state index contributed by atoms with van der Waals surface area (Å²) in [5.41, 5.74) is 4.21. The number of amides is 1. The Balaban J connectivity index is 1.86. The Labute approximate surface area is 149 Å². The molecule has 26 heavy (non-hydrogen) atoms. The molecule has 7 heteroatoms. The van der Waals surface area contributed by atoms with Crippen LogP contribution in [0.1, 0.15) is 30.4 Å².